The average Bonchev–Trinajstić information content (AvgIpc) is 3.38. The van der Waals surface area contributed by atoms with Crippen molar-refractivity contribution in [2.24, 2.45) is 5.92 Å². The molecule has 0 aliphatic carbocycles. The molecule has 1 aliphatic heterocycles. The van der Waals surface area contributed by atoms with E-state index in [-0.39, 0.29) is 23.6 Å². The minimum absolute atomic E-state index is 0.0336. The first-order valence-electron chi connectivity index (χ1n) is 11.1. The van der Waals surface area contributed by atoms with E-state index in [1.165, 1.54) is 11.3 Å². The number of ether oxygens (including phenoxy) is 1. The molecule has 1 fully saturated rings. The number of benzene rings is 1. The number of amides is 3. The lowest BCUT2D eigenvalue weighted by Gasteiger charge is -2.37. The van der Waals surface area contributed by atoms with E-state index in [0.717, 1.165) is 0 Å². The lowest BCUT2D eigenvalue weighted by atomic mass is 9.88. The van der Waals surface area contributed by atoms with E-state index in [2.05, 4.69) is 5.32 Å². The zero-order valence-corrected chi connectivity index (χ0v) is 19.7. The summed E-state index contributed by atoms with van der Waals surface area (Å²) in [6.45, 7) is 6.11. The minimum atomic E-state index is -0.604. The Kier molecular flexibility index (Phi) is 8.27. The first-order valence-corrected chi connectivity index (χ1v) is 11.9. The quantitative estimate of drug-likeness (QED) is 0.660. The highest BCUT2D eigenvalue weighted by Gasteiger charge is 2.36. The van der Waals surface area contributed by atoms with Crippen LogP contribution in [0.4, 0.5) is 0 Å². The van der Waals surface area contributed by atoms with Crippen molar-refractivity contribution in [3.05, 3.63) is 52.2 Å². The smallest absolute Gasteiger partial charge is 0.262 e. The minimum Gasteiger partial charge on any atom is -0.496 e. The van der Waals surface area contributed by atoms with Crippen molar-refractivity contribution in [3.8, 4) is 5.75 Å². The maximum absolute atomic E-state index is 13.2. The van der Waals surface area contributed by atoms with Crippen LogP contribution in [0.3, 0.4) is 0 Å². The number of hydrogen-bond donors (Lipinski definition) is 1. The van der Waals surface area contributed by atoms with Gasteiger partial charge in [-0.1, -0.05) is 18.2 Å². The van der Waals surface area contributed by atoms with Crippen LogP contribution < -0.4 is 10.1 Å². The second-order valence-electron chi connectivity index (χ2n) is 7.77. The monoisotopic (exact) mass is 457 g/mol. The van der Waals surface area contributed by atoms with Crippen LogP contribution in [-0.2, 0) is 4.79 Å². The summed E-state index contributed by atoms with van der Waals surface area (Å²) in [6, 6.07) is 10.2. The summed E-state index contributed by atoms with van der Waals surface area (Å²) in [7, 11) is 1.55. The van der Waals surface area contributed by atoms with Gasteiger partial charge in [0, 0.05) is 26.2 Å². The number of carbonyl (C=O) groups excluding carboxylic acids is 3. The summed E-state index contributed by atoms with van der Waals surface area (Å²) in [5, 5.41) is 4.83. The normalized spacial score (nSPS) is 15.2. The van der Waals surface area contributed by atoms with Crippen molar-refractivity contribution >= 4 is 29.1 Å². The van der Waals surface area contributed by atoms with Gasteiger partial charge in [0.25, 0.3) is 11.8 Å². The molecule has 172 valence electrons. The Morgan fingerprint density at radius 1 is 1.12 bits per heavy atom. The van der Waals surface area contributed by atoms with E-state index < -0.39 is 6.04 Å². The van der Waals surface area contributed by atoms with E-state index in [1.807, 2.05) is 37.4 Å². The number of para-hydroxylation sites is 1. The fourth-order valence-electron chi connectivity index (χ4n) is 4.16. The molecule has 2 aromatic rings. The molecule has 0 unspecified atom stereocenters. The summed E-state index contributed by atoms with van der Waals surface area (Å²) in [5.41, 5.74) is 0.537. The summed E-state index contributed by atoms with van der Waals surface area (Å²) >= 11 is 1.35. The summed E-state index contributed by atoms with van der Waals surface area (Å²) in [4.78, 5) is 43.2. The Hall–Kier alpha value is -2.87. The summed E-state index contributed by atoms with van der Waals surface area (Å²) in [5.74, 6) is 0.161. The Bertz CT molecular complexity index is 919. The number of methoxy groups -OCH3 is 1. The highest BCUT2D eigenvalue weighted by Crippen LogP contribution is 2.26. The fraction of sp³-hybridized carbons (Fsp3) is 0.458. The highest BCUT2D eigenvalue weighted by molar-refractivity contribution is 7.12. The number of hydrogen-bond acceptors (Lipinski definition) is 5. The van der Waals surface area contributed by atoms with Crippen LogP contribution in [0, 0.1) is 5.92 Å². The fourth-order valence-corrected chi connectivity index (χ4v) is 4.79. The number of nitrogens with zero attached hydrogens (tertiary/aromatic N) is 2. The van der Waals surface area contributed by atoms with Crippen LogP contribution in [0.1, 0.15) is 46.7 Å². The number of nitrogens with one attached hydrogen (secondary N) is 1. The third-order valence-electron chi connectivity index (χ3n) is 6.01. The Labute approximate surface area is 193 Å². The largest absolute Gasteiger partial charge is 0.496 e. The molecular weight excluding hydrogens is 426 g/mol. The number of piperidine rings is 1. The van der Waals surface area contributed by atoms with Crippen LogP contribution in [0.2, 0.25) is 0 Å². The third kappa shape index (κ3) is 5.30. The van der Waals surface area contributed by atoms with Crippen LogP contribution >= 0.6 is 11.3 Å². The van der Waals surface area contributed by atoms with Gasteiger partial charge in [-0.05, 0) is 56.2 Å². The van der Waals surface area contributed by atoms with E-state index in [9.17, 15) is 14.4 Å². The van der Waals surface area contributed by atoms with Gasteiger partial charge in [0.15, 0.2) is 0 Å². The van der Waals surface area contributed by atoms with Crippen molar-refractivity contribution in [1.29, 1.82) is 0 Å². The van der Waals surface area contributed by atoms with Crippen molar-refractivity contribution in [2.45, 2.75) is 32.7 Å². The Morgan fingerprint density at radius 3 is 2.41 bits per heavy atom. The first kappa shape index (κ1) is 23.8. The molecule has 8 heteroatoms. The summed E-state index contributed by atoms with van der Waals surface area (Å²) in [6.07, 6.45) is 1.28. The zero-order valence-electron chi connectivity index (χ0n) is 18.9. The molecule has 1 aliphatic rings. The molecule has 1 saturated heterocycles. The molecule has 1 aromatic heterocycles. The van der Waals surface area contributed by atoms with E-state index >= 15 is 0 Å². The van der Waals surface area contributed by atoms with E-state index in [0.29, 0.717) is 55.2 Å². The highest BCUT2D eigenvalue weighted by atomic mass is 32.1. The van der Waals surface area contributed by atoms with Gasteiger partial charge in [-0.25, -0.2) is 0 Å². The van der Waals surface area contributed by atoms with Gasteiger partial charge < -0.3 is 19.9 Å². The standard InChI is InChI=1S/C24H31N3O4S/c1-4-26(5-2)24(30)21(25-22(28)20-11-8-16-32-20)17-12-14-27(15-13-17)23(29)18-9-6-7-10-19(18)31-3/h6-11,16-17,21H,4-5,12-15H2,1-3H3,(H,25,28)/t21-/m0/s1. The number of thiophene rings is 1. The summed E-state index contributed by atoms with van der Waals surface area (Å²) < 4.78 is 5.33. The number of carbonyl (C=O) groups is 3. The number of likely N-dealkylation sites (tertiary alicyclic amines) is 1. The predicted molar refractivity (Wildman–Crippen MR) is 125 cm³/mol. The number of rotatable bonds is 8. The molecule has 1 aromatic carbocycles. The molecule has 1 atom stereocenters. The van der Waals surface area contributed by atoms with Gasteiger partial charge in [-0.3, -0.25) is 14.4 Å². The van der Waals surface area contributed by atoms with E-state index in [1.54, 1.807) is 35.1 Å². The maximum atomic E-state index is 13.2. The lowest BCUT2D eigenvalue weighted by Crippen LogP contribution is -2.54. The maximum Gasteiger partial charge on any atom is 0.262 e. The molecule has 1 N–H and O–H groups in total. The molecule has 0 bridgehead atoms. The van der Waals surface area contributed by atoms with Crippen molar-refractivity contribution in [2.75, 3.05) is 33.3 Å². The van der Waals surface area contributed by atoms with Gasteiger partial charge >= 0.3 is 0 Å². The zero-order chi connectivity index (χ0) is 23.1. The second kappa shape index (κ2) is 11.1. The Balaban J connectivity index is 1.72. The first-order chi connectivity index (χ1) is 15.5. The van der Waals surface area contributed by atoms with Gasteiger partial charge in [-0.2, -0.15) is 0 Å². The van der Waals surface area contributed by atoms with Crippen LogP contribution in [0.5, 0.6) is 5.75 Å². The van der Waals surface area contributed by atoms with Gasteiger partial charge in [-0.15, -0.1) is 11.3 Å². The third-order valence-corrected chi connectivity index (χ3v) is 6.88. The topological polar surface area (TPSA) is 79.0 Å². The van der Waals surface area contributed by atoms with Gasteiger partial charge in [0.2, 0.25) is 5.91 Å². The van der Waals surface area contributed by atoms with Gasteiger partial charge in [0.05, 0.1) is 17.6 Å². The van der Waals surface area contributed by atoms with E-state index in [4.69, 9.17) is 4.74 Å². The van der Waals surface area contributed by atoms with Gasteiger partial charge in [0.1, 0.15) is 11.8 Å². The molecular formula is C24H31N3O4S. The van der Waals surface area contributed by atoms with Crippen LogP contribution in [0.25, 0.3) is 0 Å². The van der Waals surface area contributed by atoms with Crippen molar-refractivity contribution < 1.29 is 19.1 Å². The molecule has 2 heterocycles. The molecule has 7 nitrogen and oxygen atoms in total. The average molecular weight is 458 g/mol. The Morgan fingerprint density at radius 2 is 1.81 bits per heavy atom. The molecule has 3 amide bonds. The number of likely N-dealkylation sites (N-methyl/N-ethyl adjacent to an activating group) is 1. The van der Waals surface area contributed by atoms with Crippen molar-refractivity contribution in [3.63, 3.8) is 0 Å². The second-order valence-corrected chi connectivity index (χ2v) is 8.72. The molecule has 3 rings (SSSR count). The SMILES string of the molecule is CCN(CC)C(=O)[C@@H](NC(=O)c1cccs1)C1CCN(C(=O)c2ccccc2OC)CC1. The molecule has 0 spiro atoms. The lowest BCUT2D eigenvalue weighted by molar-refractivity contribution is -0.134. The predicted octanol–water partition coefficient (Wildman–Crippen LogP) is 3.28. The molecule has 0 saturated carbocycles. The van der Waals surface area contributed by atoms with Crippen LogP contribution in [0.15, 0.2) is 41.8 Å². The van der Waals surface area contributed by atoms with Crippen molar-refractivity contribution in [1.82, 2.24) is 15.1 Å². The van der Waals surface area contributed by atoms with Crippen LogP contribution in [-0.4, -0.2) is 66.9 Å². The molecule has 32 heavy (non-hydrogen) atoms. The molecule has 0 radical (unpaired) electrons.